The molecule has 0 saturated carbocycles. The van der Waals surface area contributed by atoms with Crippen LogP contribution in [0.3, 0.4) is 0 Å². The lowest BCUT2D eigenvalue weighted by Crippen LogP contribution is -2.28. The van der Waals surface area contributed by atoms with Gasteiger partial charge in [0.15, 0.2) is 11.1 Å². The fourth-order valence-corrected chi connectivity index (χ4v) is 2.45. The van der Waals surface area contributed by atoms with Crippen molar-refractivity contribution < 1.29 is 4.42 Å². The molecule has 0 aromatic carbocycles. The Morgan fingerprint density at radius 3 is 3.05 bits per heavy atom. The van der Waals surface area contributed by atoms with E-state index in [2.05, 4.69) is 25.6 Å². The van der Waals surface area contributed by atoms with E-state index in [1.54, 1.807) is 6.26 Å². The summed E-state index contributed by atoms with van der Waals surface area (Å²) in [5.74, 6) is 1.79. The van der Waals surface area contributed by atoms with E-state index in [4.69, 9.17) is 9.83 Å². The van der Waals surface area contributed by atoms with Gasteiger partial charge in [-0.3, -0.25) is 5.41 Å². The number of hydrogen-bond donors (Lipinski definition) is 4. The number of aryl methyl sites for hydroxylation is 1. The monoisotopic (exact) mass is 302 g/mol. The molecule has 21 heavy (non-hydrogen) atoms. The predicted octanol–water partition coefficient (Wildman–Crippen LogP) is 2.57. The summed E-state index contributed by atoms with van der Waals surface area (Å²) in [5, 5.41) is 16.2. The number of H-pyrrole nitrogens is 1. The number of imidazole rings is 1. The lowest BCUT2D eigenvalue weighted by atomic mass is 10.4. The summed E-state index contributed by atoms with van der Waals surface area (Å²) in [7, 11) is 0. The van der Waals surface area contributed by atoms with Crippen molar-refractivity contribution in [3.8, 4) is 11.4 Å². The maximum Gasteiger partial charge on any atom is 0.195 e. The fraction of sp³-hybridized carbons (Fsp3) is 0.154. The highest BCUT2D eigenvalue weighted by Crippen LogP contribution is 2.23. The van der Waals surface area contributed by atoms with Crippen molar-refractivity contribution in [3.05, 3.63) is 41.6 Å². The molecule has 0 spiro atoms. The van der Waals surface area contributed by atoms with Gasteiger partial charge in [-0.1, -0.05) is 0 Å². The first kappa shape index (κ1) is 13.4. The van der Waals surface area contributed by atoms with E-state index >= 15 is 0 Å². The van der Waals surface area contributed by atoms with Crippen molar-refractivity contribution in [2.75, 3.05) is 5.32 Å². The maximum absolute atomic E-state index is 7.83. The SMILES string of the molecule is Cc1nc(-c2csc(NC(=N)NCc3ccco3)n2)c[nH]1. The van der Waals surface area contributed by atoms with Crippen molar-refractivity contribution in [1.82, 2.24) is 20.3 Å². The summed E-state index contributed by atoms with van der Waals surface area (Å²) in [4.78, 5) is 11.7. The van der Waals surface area contributed by atoms with Crippen molar-refractivity contribution in [2.45, 2.75) is 13.5 Å². The van der Waals surface area contributed by atoms with Crippen LogP contribution in [0.5, 0.6) is 0 Å². The Balaban J connectivity index is 1.58. The van der Waals surface area contributed by atoms with Gasteiger partial charge < -0.3 is 20.0 Å². The molecular weight excluding hydrogens is 288 g/mol. The lowest BCUT2D eigenvalue weighted by molar-refractivity contribution is 0.503. The third-order valence-corrected chi connectivity index (χ3v) is 3.48. The van der Waals surface area contributed by atoms with Crippen molar-refractivity contribution in [2.24, 2.45) is 0 Å². The van der Waals surface area contributed by atoms with Gasteiger partial charge in [0.2, 0.25) is 0 Å². The number of guanidine groups is 1. The molecule has 3 aromatic rings. The molecule has 0 saturated heterocycles. The average Bonchev–Trinajstić information content (AvgIpc) is 3.17. The average molecular weight is 302 g/mol. The summed E-state index contributed by atoms with van der Waals surface area (Å²) in [6, 6.07) is 3.66. The molecule has 8 heteroatoms. The lowest BCUT2D eigenvalue weighted by Gasteiger charge is -2.06. The number of hydrogen-bond acceptors (Lipinski definition) is 5. The standard InChI is InChI=1S/C13H14N6OS/c1-8-15-6-10(17-8)11-7-21-13(18-11)19-12(14)16-5-9-3-2-4-20-9/h2-4,6-7H,5H2,1H3,(H,15,17)(H3,14,16,18,19). The summed E-state index contributed by atoms with van der Waals surface area (Å²) in [6.45, 7) is 2.35. The van der Waals surface area contributed by atoms with E-state index in [9.17, 15) is 0 Å². The van der Waals surface area contributed by atoms with Crippen LogP contribution < -0.4 is 10.6 Å². The highest BCUT2D eigenvalue weighted by molar-refractivity contribution is 7.14. The second-order valence-corrected chi connectivity index (χ2v) is 5.20. The zero-order chi connectivity index (χ0) is 14.7. The third kappa shape index (κ3) is 3.29. The zero-order valence-electron chi connectivity index (χ0n) is 11.3. The van der Waals surface area contributed by atoms with E-state index in [0.29, 0.717) is 11.7 Å². The molecule has 4 N–H and O–H groups in total. The molecule has 0 radical (unpaired) electrons. The molecule has 0 aliphatic rings. The highest BCUT2D eigenvalue weighted by atomic mass is 32.1. The number of thiazole rings is 1. The zero-order valence-corrected chi connectivity index (χ0v) is 12.1. The molecule has 0 amide bonds. The van der Waals surface area contributed by atoms with Crippen molar-refractivity contribution >= 4 is 22.4 Å². The predicted molar refractivity (Wildman–Crippen MR) is 81.3 cm³/mol. The van der Waals surface area contributed by atoms with Crippen LogP contribution in [-0.4, -0.2) is 20.9 Å². The van der Waals surface area contributed by atoms with Crippen LogP contribution >= 0.6 is 11.3 Å². The van der Waals surface area contributed by atoms with E-state index in [1.807, 2.05) is 30.6 Å². The van der Waals surface area contributed by atoms with Crippen molar-refractivity contribution in [3.63, 3.8) is 0 Å². The van der Waals surface area contributed by atoms with Crippen LogP contribution in [0, 0.1) is 12.3 Å². The first-order valence-corrected chi connectivity index (χ1v) is 7.18. The number of nitrogens with one attached hydrogen (secondary N) is 4. The second-order valence-electron chi connectivity index (χ2n) is 4.34. The van der Waals surface area contributed by atoms with Gasteiger partial charge >= 0.3 is 0 Å². The first-order chi connectivity index (χ1) is 10.2. The molecule has 0 bridgehead atoms. The number of aromatic nitrogens is 3. The Morgan fingerprint density at radius 2 is 2.33 bits per heavy atom. The van der Waals surface area contributed by atoms with E-state index < -0.39 is 0 Å². The Morgan fingerprint density at radius 1 is 1.43 bits per heavy atom. The van der Waals surface area contributed by atoms with Gasteiger partial charge in [-0.15, -0.1) is 11.3 Å². The smallest absolute Gasteiger partial charge is 0.195 e. The normalized spacial score (nSPS) is 10.5. The van der Waals surface area contributed by atoms with Crippen LogP contribution in [0.1, 0.15) is 11.6 Å². The Hall–Kier alpha value is -2.61. The molecule has 0 unspecified atom stereocenters. The number of nitrogens with zero attached hydrogens (tertiary/aromatic N) is 2. The largest absolute Gasteiger partial charge is 0.467 e. The molecule has 108 valence electrons. The van der Waals surface area contributed by atoms with Gasteiger partial charge in [-0.05, 0) is 19.1 Å². The highest BCUT2D eigenvalue weighted by Gasteiger charge is 2.08. The van der Waals surface area contributed by atoms with Crippen molar-refractivity contribution in [1.29, 1.82) is 5.41 Å². The Kier molecular flexibility index (Phi) is 3.69. The van der Waals surface area contributed by atoms with Crippen LogP contribution in [0.25, 0.3) is 11.4 Å². The molecule has 0 fully saturated rings. The first-order valence-electron chi connectivity index (χ1n) is 6.30. The fourth-order valence-electron chi connectivity index (χ4n) is 1.74. The van der Waals surface area contributed by atoms with Crippen LogP contribution in [-0.2, 0) is 6.54 Å². The number of aromatic amines is 1. The molecule has 0 atom stereocenters. The quantitative estimate of drug-likeness (QED) is 0.438. The Bertz CT molecular complexity index is 730. The molecule has 7 nitrogen and oxygen atoms in total. The van der Waals surface area contributed by atoms with Gasteiger partial charge in [0.25, 0.3) is 0 Å². The van der Waals surface area contributed by atoms with E-state index in [0.717, 1.165) is 23.0 Å². The maximum atomic E-state index is 7.83. The summed E-state index contributed by atoms with van der Waals surface area (Å²) in [6.07, 6.45) is 3.42. The third-order valence-electron chi connectivity index (χ3n) is 2.72. The van der Waals surface area contributed by atoms with Gasteiger partial charge in [0.05, 0.1) is 12.8 Å². The summed E-state index contributed by atoms with van der Waals surface area (Å²) >= 11 is 1.42. The number of rotatable bonds is 4. The Labute approximate surface area is 125 Å². The molecular formula is C13H14N6OS. The summed E-state index contributed by atoms with van der Waals surface area (Å²) < 4.78 is 5.19. The summed E-state index contributed by atoms with van der Waals surface area (Å²) in [5.41, 5.74) is 1.58. The van der Waals surface area contributed by atoms with Crippen LogP contribution in [0.15, 0.2) is 34.4 Å². The molecule has 3 heterocycles. The van der Waals surface area contributed by atoms with Gasteiger partial charge in [0.1, 0.15) is 23.0 Å². The van der Waals surface area contributed by atoms with E-state index in [1.165, 1.54) is 11.3 Å². The number of furan rings is 1. The van der Waals surface area contributed by atoms with E-state index in [-0.39, 0.29) is 5.96 Å². The molecule has 3 rings (SSSR count). The number of anilines is 1. The van der Waals surface area contributed by atoms with Gasteiger partial charge in [0, 0.05) is 11.6 Å². The van der Waals surface area contributed by atoms with Crippen LogP contribution in [0.4, 0.5) is 5.13 Å². The second kappa shape index (κ2) is 5.80. The van der Waals surface area contributed by atoms with Gasteiger partial charge in [-0.25, -0.2) is 9.97 Å². The molecule has 0 aliphatic heterocycles. The minimum atomic E-state index is 0.172. The van der Waals surface area contributed by atoms with Crippen LogP contribution in [0.2, 0.25) is 0 Å². The minimum Gasteiger partial charge on any atom is -0.467 e. The topological polar surface area (TPSA) is 103 Å². The molecule has 3 aromatic heterocycles. The minimum absolute atomic E-state index is 0.172. The molecule has 0 aliphatic carbocycles. The van der Waals surface area contributed by atoms with Gasteiger partial charge in [-0.2, -0.15) is 0 Å².